The van der Waals surface area contributed by atoms with Gasteiger partial charge in [0.15, 0.2) is 6.61 Å². The number of benzene rings is 1. The van der Waals surface area contributed by atoms with Gasteiger partial charge in [0.2, 0.25) is 5.91 Å². The topological polar surface area (TPSA) is 82.7 Å². The fourth-order valence-electron chi connectivity index (χ4n) is 4.99. The lowest BCUT2D eigenvalue weighted by Gasteiger charge is -2.47. The van der Waals surface area contributed by atoms with E-state index < -0.39 is 24.3 Å². The van der Waals surface area contributed by atoms with Crippen LogP contribution in [0.2, 0.25) is 5.02 Å². The minimum atomic E-state index is -2.48. The molecule has 4 fully saturated rings. The largest absolute Gasteiger partial charge is 0.484 e. The molecule has 1 saturated heterocycles. The van der Waals surface area contributed by atoms with Crippen LogP contribution in [0.1, 0.15) is 19.3 Å². The first kappa shape index (κ1) is 23.1. The van der Waals surface area contributed by atoms with E-state index in [1.54, 1.807) is 11.9 Å². The number of hydrogen-bond donors (Lipinski definition) is 3. The van der Waals surface area contributed by atoms with Gasteiger partial charge in [0.1, 0.15) is 11.6 Å². The molecule has 1 aliphatic heterocycles. The van der Waals surface area contributed by atoms with E-state index in [4.69, 9.17) is 16.3 Å². The normalized spacial score (nSPS) is 31.2. The number of carbonyl (C=O) groups is 2. The molecular formula is C21H26ClF3N4O3. The number of carbonyl (C=O) groups excluding carboxylic acids is 2. The molecule has 3 aliphatic carbocycles. The van der Waals surface area contributed by atoms with Crippen LogP contribution in [-0.2, 0) is 9.59 Å². The standard InChI is InChI=1S/C21H26ClF3N4O3/c1-29(20(31)17-9-26-16(8-27-17)19(24)25)21-5-11(6-21)15(7-21)28-18(30)10-32-12-2-3-13(22)14(23)4-12/h2-4,11,15-17,19,26-27H,5-10H2,1H3,(H,28,30)/t11?,15-,16?,17?,21?/m0/s1. The van der Waals surface area contributed by atoms with Crippen molar-refractivity contribution in [2.45, 2.75) is 49.4 Å². The van der Waals surface area contributed by atoms with Crippen LogP contribution < -0.4 is 20.7 Å². The number of likely N-dealkylation sites (N-methyl/N-ethyl adjacent to an activating group) is 1. The van der Waals surface area contributed by atoms with Gasteiger partial charge in [0.05, 0.1) is 17.1 Å². The highest BCUT2D eigenvalue weighted by molar-refractivity contribution is 6.30. The molecule has 7 nitrogen and oxygen atoms in total. The third-order valence-corrected chi connectivity index (χ3v) is 7.18. The van der Waals surface area contributed by atoms with Crippen LogP contribution in [0.4, 0.5) is 13.2 Å². The number of halogens is 4. The molecule has 3 atom stereocenters. The Bertz CT molecular complexity index is 876. The minimum absolute atomic E-state index is 0.0236. The molecule has 5 rings (SSSR count). The maximum atomic E-state index is 13.5. The van der Waals surface area contributed by atoms with Crippen LogP contribution in [0.15, 0.2) is 18.2 Å². The van der Waals surface area contributed by atoms with Crippen molar-refractivity contribution in [1.82, 2.24) is 20.9 Å². The van der Waals surface area contributed by atoms with Gasteiger partial charge in [-0.2, -0.15) is 0 Å². The molecule has 2 unspecified atom stereocenters. The lowest BCUT2D eigenvalue weighted by atomic mass is 9.75. The Morgan fingerprint density at radius 2 is 2.03 bits per heavy atom. The lowest BCUT2D eigenvalue weighted by molar-refractivity contribution is -0.141. The van der Waals surface area contributed by atoms with E-state index in [1.807, 2.05) is 0 Å². The van der Waals surface area contributed by atoms with E-state index in [-0.39, 0.29) is 59.8 Å². The molecule has 0 radical (unpaired) electrons. The van der Waals surface area contributed by atoms with E-state index in [1.165, 1.54) is 12.1 Å². The van der Waals surface area contributed by atoms with Crippen molar-refractivity contribution in [3.63, 3.8) is 0 Å². The molecule has 176 valence electrons. The first-order chi connectivity index (χ1) is 15.2. The van der Waals surface area contributed by atoms with Crippen molar-refractivity contribution in [2.24, 2.45) is 5.92 Å². The van der Waals surface area contributed by atoms with Gasteiger partial charge in [0.25, 0.3) is 12.3 Å². The number of fused-ring (bicyclic) bond motifs is 1. The van der Waals surface area contributed by atoms with Gasteiger partial charge in [-0.1, -0.05) is 11.6 Å². The predicted molar refractivity (Wildman–Crippen MR) is 111 cm³/mol. The molecule has 4 aliphatic rings. The molecular weight excluding hydrogens is 449 g/mol. The molecule has 11 heteroatoms. The Kier molecular flexibility index (Phi) is 6.56. The zero-order valence-corrected chi connectivity index (χ0v) is 18.3. The van der Waals surface area contributed by atoms with E-state index in [2.05, 4.69) is 16.0 Å². The van der Waals surface area contributed by atoms with Crippen molar-refractivity contribution in [3.05, 3.63) is 29.0 Å². The second-order valence-corrected chi connectivity index (χ2v) is 9.25. The number of nitrogens with one attached hydrogen (secondary N) is 3. The van der Waals surface area contributed by atoms with Crippen molar-refractivity contribution < 1.29 is 27.5 Å². The molecule has 1 heterocycles. The molecule has 0 aromatic heterocycles. The number of alkyl halides is 2. The Morgan fingerprint density at radius 1 is 1.28 bits per heavy atom. The zero-order chi connectivity index (χ0) is 23.0. The van der Waals surface area contributed by atoms with Crippen LogP contribution in [-0.4, -0.2) is 73.5 Å². The molecule has 2 bridgehead atoms. The van der Waals surface area contributed by atoms with Crippen molar-refractivity contribution in [2.75, 3.05) is 26.7 Å². The molecule has 0 spiro atoms. The van der Waals surface area contributed by atoms with Gasteiger partial charge in [0, 0.05) is 37.8 Å². The van der Waals surface area contributed by atoms with Crippen LogP contribution in [0.3, 0.4) is 0 Å². The average molecular weight is 475 g/mol. The van der Waals surface area contributed by atoms with Gasteiger partial charge >= 0.3 is 0 Å². The minimum Gasteiger partial charge on any atom is -0.484 e. The summed E-state index contributed by atoms with van der Waals surface area (Å²) < 4.78 is 44.4. The van der Waals surface area contributed by atoms with Crippen LogP contribution in [0, 0.1) is 11.7 Å². The SMILES string of the molecule is CN(C(=O)C1CNC(C(F)F)CN1)C12CC(C1)[C@@H](NC(=O)COc1ccc(Cl)c(F)c1)C2. The van der Waals surface area contributed by atoms with Crippen molar-refractivity contribution in [3.8, 4) is 5.75 Å². The fraction of sp³-hybridized carbons (Fsp3) is 0.619. The summed E-state index contributed by atoms with van der Waals surface area (Å²) in [6.07, 6.45) is -0.294. The monoisotopic (exact) mass is 474 g/mol. The average Bonchev–Trinajstić information content (AvgIpc) is 3.28. The second-order valence-electron chi connectivity index (χ2n) is 8.84. The Balaban J connectivity index is 1.25. The molecule has 3 saturated carbocycles. The number of ether oxygens (including phenoxy) is 1. The maximum Gasteiger partial charge on any atom is 0.258 e. The first-order valence-electron chi connectivity index (χ1n) is 10.6. The number of piperazine rings is 1. The summed E-state index contributed by atoms with van der Waals surface area (Å²) >= 11 is 5.63. The second kappa shape index (κ2) is 9.07. The zero-order valence-electron chi connectivity index (χ0n) is 17.5. The van der Waals surface area contributed by atoms with Gasteiger partial charge in [-0.05, 0) is 37.3 Å². The van der Waals surface area contributed by atoms with Crippen LogP contribution >= 0.6 is 11.6 Å². The van der Waals surface area contributed by atoms with Crippen LogP contribution in [0.25, 0.3) is 0 Å². The summed E-state index contributed by atoms with van der Waals surface area (Å²) in [6.45, 7) is -0.0662. The van der Waals surface area contributed by atoms with E-state index in [0.29, 0.717) is 6.42 Å². The quantitative estimate of drug-likeness (QED) is 0.558. The Labute approximate surface area is 189 Å². The lowest BCUT2D eigenvalue weighted by Crippen LogP contribution is -2.64. The molecule has 2 amide bonds. The van der Waals surface area contributed by atoms with Gasteiger partial charge < -0.3 is 25.6 Å². The smallest absolute Gasteiger partial charge is 0.258 e. The highest BCUT2D eigenvalue weighted by atomic mass is 35.5. The van der Waals surface area contributed by atoms with Crippen molar-refractivity contribution in [1.29, 1.82) is 0 Å². The van der Waals surface area contributed by atoms with Gasteiger partial charge in [-0.3, -0.25) is 9.59 Å². The van der Waals surface area contributed by atoms with E-state index >= 15 is 0 Å². The number of rotatable bonds is 7. The van der Waals surface area contributed by atoms with Gasteiger partial charge in [-0.15, -0.1) is 0 Å². The van der Waals surface area contributed by atoms with E-state index in [9.17, 15) is 22.8 Å². The first-order valence-corrected chi connectivity index (χ1v) is 11.0. The summed E-state index contributed by atoms with van der Waals surface area (Å²) in [5.41, 5.74) is -0.332. The summed E-state index contributed by atoms with van der Waals surface area (Å²) in [4.78, 5) is 26.9. The highest BCUT2D eigenvalue weighted by Gasteiger charge is 2.60. The molecule has 1 aromatic rings. The highest BCUT2D eigenvalue weighted by Crippen LogP contribution is 2.55. The van der Waals surface area contributed by atoms with Gasteiger partial charge in [-0.25, -0.2) is 13.2 Å². The fourth-order valence-corrected chi connectivity index (χ4v) is 5.11. The molecule has 1 aromatic carbocycles. The van der Waals surface area contributed by atoms with Crippen molar-refractivity contribution >= 4 is 23.4 Å². The Hall–Kier alpha value is -2.04. The van der Waals surface area contributed by atoms with E-state index in [0.717, 1.165) is 18.9 Å². The third kappa shape index (κ3) is 4.53. The number of nitrogens with zero attached hydrogens (tertiary/aromatic N) is 1. The number of amides is 2. The summed E-state index contributed by atoms with van der Waals surface area (Å²) in [5, 5.41) is 8.57. The molecule has 3 N–H and O–H groups in total. The predicted octanol–water partition coefficient (Wildman–Crippen LogP) is 1.55. The summed E-state index contributed by atoms with van der Waals surface area (Å²) in [7, 11) is 1.74. The Morgan fingerprint density at radius 3 is 2.66 bits per heavy atom. The third-order valence-electron chi connectivity index (χ3n) is 6.87. The summed E-state index contributed by atoms with van der Waals surface area (Å²) in [5.74, 6) is -0.602. The summed E-state index contributed by atoms with van der Waals surface area (Å²) in [6, 6.07) is 2.38. The van der Waals surface area contributed by atoms with Crippen LogP contribution in [0.5, 0.6) is 5.75 Å². The number of hydrogen-bond acceptors (Lipinski definition) is 5. The molecule has 32 heavy (non-hydrogen) atoms. The maximum absolute atomic E-state index is 13.5.